The average Bonchev–Trinajstić information content (AvgIpc) is 2.83. The Balaban J connectivity index is 2.15. The number of likely N-dealkylation sites (tertiary alicyclic amines) is 1. The standard InChI is InChI=1S/C15H25N3O2S/c1-12-8-15(5-4-14(12)9-16)21(19,20)18(3)11-13-6-7-17(2)10-13/h4-5,8,13H,6-7,9-11,16H2,1-3H3. The minimum Gasteiger partial charge on any atom is -0.326 e. The van der Waals surface area contributed by atoms with Crippen molar-refractivity contribution in [3.05, 3.63) is 29.3 Å². The normalized spacial score (nSPS) is 20.3. The molecule has 0 saturated carbocycles. The molecular formula is C15H25N3O2S. The second kappa shape index (κ2) is 6.44. The Kier molecular flexibility index (Phi) is 5.03. The van der Waals surface area contributed by atoms with E-state index in [0.717, 1.165) is 30.6 Å². The fourth-order valence-corrected chi connectivity index (χ4v) is 4.21. The highest BCUT2D eigenvalue weighted by Crippen LogP contribution is 2.22. The zero-order valence-electron chi connectivity index (χ0n) is 13.0. The molecule has 2 rings (SSSR count). The molecule has 1 aromatic rings. The molecule has 0 aromatic heterocycles. The van der Waals surface area contributed by atoms with Crippen LogP contribution in [0.5, 0.6) is 0 Å². The minimum absolute atomic E-state index is 0.353. The molecule has 1 aliphatic heterocycles. The van der Waals surface area contributed by atoms with Gasteiger partial charge in [0.1, 0.15) is 0 Å². The topological polar surface area (TPSA) is 66.6 Å². The lowest BCUT2D eigenvalue weighted by molar-refractivity contribution is 0.356. The summed E-state index contributed by atoms with van der Waals surface area (Å²) in [5.74, 6) is 0.416. The van der Waals surface area contributed by atoms with Crippen LogP contribution < -0.4 is 5.73 Å². The molecule has 1 aliphatic rings. The summed E-state index contributed by atoms with van der Waals surface area (Å²) >= 11 is 0. The Bertz CT molecular complexity index is 601. The van der Waals surface area contributed by atoms with Crippen LogP contribution in [0.2, 0.25) is 0 Å². The molecule has 1 fully saturated rings. The van der Waals surface area contributed by atoms with E-state index in [1.807, 2.05) is 6.92 Å². The second-order valence-electron chi connectivity index (χ2n) is 5.99. The monoisotopic (exact) mass is 311 g/mol. The number of nitrogens with two attached hydrogens (primary N) is 1. The predicted octanol–water partition coefficient (Wildman–Crippen LogP) is 1.03. The Labute approximate surface area is 127 Å². The van der Waals surface area contributed by atoms with E-state index in [9.17, 15) is 8.42 Å². The molecule has 1 unspecified atom stereocenters. The third kappa shape index (κ3) is 3.63. The molecule has 2 N–H and O–H groups in total. The van der Waals surface area contributed by atoms with Crippen molar-refractivity contribution in [1.82, 2.24) is 9.21 Å². The number of rotatable bonds is 5. The van der Waals surface area contributed by atoms with Crippen LogP contribution in [0.25, 0.3) is 0 Å². The van der Waals surface area contributed by atoms with Crippen molar-refractivity contribution in [3.63, 3.8) is 0 Å². The molecule has 1 atom stereocenters. The maximum Gasteiger partial charge on any atom is 0.242 e. The zero-order valence-corrected chi connectivity index (χ0v) is 13.9. The SMILES string of the molecule is Cc1cc(S(=O)(=O)N(C)CC2CCN(C)C2)ccc1CN. The lowest BCUT2D eigenvalue weighted by Crippen LogP contribution is -2.33. The number of hydrogen-bond acceptors (Lipinski definition) is 4. The van der Waals surface area contributed by atoms with Gasteiger partial charge in [-0.15, -0.1) is 0 Å². The Morgan fingerprint density at radius 2 is 2.14 bits per heavy atom. The van der Waals surface area contributed by atoms with Gasteiger partial charge in [-0.2, -0.15) is 0 Å². The number of hydrogen-bond donors (Lipinski definition) is 1. The van der Waals surface area contributed by atoms with Gasteiger partial charge in [0.25, 0.3) is 0 Å². The van der Waals surface area contributed by atoms with Crippen molar-refractivity contribution in [2.45, 2.75) is 24.8 Å². The Morgan fingerprint density at radius 1 is 1.43 bits per heavy atom. The van der Waals surface area contributed by atoms with Gasteiger partial charge in [0.15, 0.2) is 0 Å². The number of nitrogens with zero attached hydrogens (tertiary/aromatic N) is 2. The summed E-state index contributed by atoms with van der Waals surface area (Å²) in [5, 5.41) is 0. The first-order valence-corrected chi connectivity index (χ1v) is 8.73. The summed E-state index contributed by atoms with van der Waals surface area (Å²) in [4.78, 5) is 2.59. The Hall–Kier alpha value is -0.950. The van der Waals surface area contributed by atoms with Crippen molar-refractivity contribution < 1.29 is 8.42 Å². The van der Waals surface area contributed by atoms with Crippen LogP contribution in [0, 0.1) is 12.8 Å². The lowest BCUT2D eigenvalue weighted by Gasteiger charge is -2.21. The van der Waals surface area contributed by atoms with Crippen molar-refractivity contribution >= 4 is 10.0 Å². The molecule has 0 bridgehead atoms. The van der Waals surface area contributed by atoms with Gasteiger partial charge in [-0.25, -0.2) is 12.7 Å². The van der Waals surface area contributed by atoms with Crippen molar-refractivity contribution in [3.8, 4) is 0 Å². The molecule has 21 heavy (non-hydrogen) atoms. The van der Waals surface area contributed by atoms with Crippen molar-refractivity contribution in [1.29, 1.82) is 0 Å². The van der Waals surface area contributed by atoms with E-state index in [0.29, 0.717) is 23.9 Å². The van der Waals surface area contributed by atoms with Gasteiger partial charge in [-0.3, -0.25) is 0 Å². The maximum atomic E-state index is 12.6. The molecular weight excluding hydrogens is 286 g/mol. The second-order valence-corrected chi connectivity index (χ2v) is 8.04. The van der Waals surface area contributed by atoms with Crippen LogP contribution >= 0.6 is 0 Å². The first-order valence-electron chi connectivity index (χ1n) is 7.29. The summed E-state index contributed by atoms with van der Waals surface area (Å²) in [6, 6.07) is 5.18. The number of aryl methyl sites for hydroxylation is 1. The maximum absolute atomic E-state index is 12.6. The summed E-state index contributed by atoms with van der Waals surface area (Å²) in [5.41, 5.74) is 7.53. The molecule has 6 heteroatoms. The van der Waals surface area contributed by atoms with Crippen LogP contribution in [0.1, 0.15) is 17.5 Å². The van der Waals surface area contributed by atoms with Gasteiger partial charge in [0.2, 0.25) is 10.0 Å². The zero-order chi connectivity index (χ0) is 15.6. The van der Waals surface area contributed by atoms with E-state index in [1.165, 1.54) is 4.31 Å². The molecule has 0 radical (unpaired) electrons. The van der Waals surface area contributed by atoms with E-state index < -0.39 is 10.0 Å². The highest BCUT2D eigenvalue weighted by Gasteiger charge is 2.27. The van der Waals surface area contributed by atoms with E-state index >= 15 is 0 Å². The van der Waals surface area contributed by atoms with Crippen LogP contribution in [-0.4, -0.2) is 51.4 Å². The van der Waals surface area contributed by atoms with Crippen LogP contribution in [0.15, 0.2) is 23.1 Å². The molecule has 118 valence electrons. The first-order chi connectivity index (χ1) is 9.84. The quantitative estimate of drug-likeness (QED) is 0.882. The molecule has 1 heterocycles. The third-order valence-corrected chi connectivity index (χ3v) is 6.07. The minimum atomic E-state index is -3.42. The van der Waals surface area contributed by atoms with E-state index in [2.05, 4.69) is 11.9 Å². The van der Waals surface area contributed by atoms with Gasteiger partial charge in [0, 0.05) is 26.7 Å². The van der Waals surface area contributed by atoms with Gasteiger partial charge in [0.05, 0.1) is 4.90 Å². The summed E-state index contributed by atoms with van der Waals surface area (Å²) in [7, 11) is 0.322. The smallest absolute Gasteiger partial charge is 0.242 e. The van der Waals surface area contributed by atoms with Crippen LogP contribution in [-0.2, 0) is 16.6 Å². The van der Waals surface area contributed by atoms with Gasteiger partial charge < -0.3 is 10.6 Å². The number of sulfonamides is 1. The fraction of sp³-hybridized carbons (Fsp3) is 0.600. The van der Waals surface area contributed by atoms with Crippen molar-refractivity contribution in [2.24, 2.45) is 11.7 Å². The fourth-order valence-electron chi connectivity index (χ4n) is 2.87. The van der Waals surface area contributed by atoms with Crippen LogP contribution in [0.3, 0.4) is 0 Å². The van der Waals surface area contributed by atoms with Gasteiger partial charge >= 0.3 is 0 Å². The van der Waals surface area contributed by atoms with Crippen LogP contribution in [0.4, 0.5) is 0 Å². The third-order valence-electron chi connectivity index (χ3n) is 4.25. The summed E-state index contributed by atoms with van der Waals surface area (Å²) in [6.45, 7) is 4.90. The first kappa shape index (κ1) is 16.4. The molecule has 1 saturated heterocycles. The average molecular weight is 311 g/mol. The summed E-state index contributed by atoms with van der Waals surface area (Å²) in [6.07, 6.45) is 1.06. The molecule has 1 aromatic carbocycles. The largest absolute Gasteiger partial charge is 0.326 e. The lowest BCUT2D eigenvalue weighted by atomic mass is 10.1. The molecule has 0 amide bonds. The molecule has 5 nitrogen and oxygen atoms in total. The van der Waals surface area contributed by atoms with E-state index in [4.69, 9.17) is 5.73 Å². The predicted molar refractivity (Wildman–Crippen MR) is 84.5 cm³/mol. The van der Waals surface area contributed by atoms with E-state index in [1.54, 1.807) is 25.2 Å². The summed E-state index contributed by atoms with van der Waals surface area (Å²) < 4.78 is 26.7. The van der Waals surface area contributed by atoms with Crippen molar-refractivity contribution in [2.75, 3.05) is 33.7 Å². The Morgan fingerprint density at radius 3 is 2.67 bits per heavy atom. The van der Waals surface area contributed by atoms with E-state index in [-0.39, 0.29) is 0 Å². The number of benzene rings is 1. The molecule has 0 aliphatic carbocycles. The highest BCUT2D eigenvalue weighted by atomic mass is 32.2. The van der Waals surface area contributed by atoms with Gasteiger partial charge in [-0.1, -0.05) is 6.07 Å². The molecule has 0 spiro atoms. The highest BCUT2D eigenvalue weighted by molar-refractivity contribution is 7.89. The van der Waals surface area contributed by atoms with Gasteiger partial charge in [-0.05, 0) is 56.1 Å².